The molecule has 1 aliphatic heterocycles. The first kappa shape index (κ1) is 26.8. The summed E-state index contributed by atoms with van der Waals surface area (Å²) in [5.74, 6) is 2.27. The van der Waals surface area contributed by atoms with E-state index in [4.69, 9.17) is 9.47 Å². The summed E-state index contributed by atoms with van der Waals surface area (Å²) in [6, 6.07) is 12.1. The van der Waals surface area contributed by atoms with Crippen LogP contribution in [0.3, 0.4) is 0 Å². The molecule has 7 nitrogen and oxygen atoms in total. The van der Waals surface area contributed by atoms with Crippen molar-refractivity contribution in [3.8, 4) is 11.5 Å². The lowest BCUT2D eigenvalue weighted by Gasteiger charge is -2.36. The van der Waals surface area contributed by atoms with Crippen molar-refractivity contribution >= 4 is 17.6 Å². The zero-order valence-corrected chi connectivity index (χ0v) is 22.8. The van der Waals surface area contributed by atoms with Gasteiger partial charge in [0.2, 0.25) is 5.91 Å². The van der Waals surface area contributed by atoms with Crippen LogP contribution in [0.5, 0.6) is 11.5 Å². The molecule has 2 aromatic carbocycles. The minimum Gasteiger partial charge on any atom is -0.496 e. The Morgan fingerprint density at radius 1 is 1.05 bits per heavy atom. The highest BCUT2D eigenvalue weighted by Crippen LogP contribution is 2.45. The molecule has 0 radical (unpaired) electrons. The van der Waals surface area contributed by atoms with Gasteiger partial charge in [-0.15, -0.1) is 0 Å². The molecule has 0 unspecified atom stereocenters. The van der Waals surface area contributed by atoms with Crippen molar-refractivity contribution in [3.63, 3.8) is 0 Å². The number of likely N-dealkylation sites (N-methyl/N-ethyl adjacent to an activating group) is 1. The number of hydrogen-bond acceptors (Lipinski definition) is 4. The molecule has 200 valence electrons. The molecule has 0 bridgehead atoms. The second kappa shape index (κ2) is 12.3. The molecule has 1 heterocycles. The van der Waals surface area contributed by atoms with Crippen LogP contribution >= 0.6 is 0 Å². The maximum atomic E-state index is 13.6. The zero-order valence-electron chi connectivity index (χ0n) is 22.8. The minimum atomic E-state index is -0.00345. The van der Waals surface area contributed by atoms with Gasteiger partial charge in [-0.25, -0.2) is 4.79 Å². The molecule has 1 saturated carbocycles. The van der Waals surface area contributed by atoms with Gasteiger partial charge in [-0.2, -0.15) is 0 Å². The molecule has 1 aliphatic carbocycles. The van der Waals surface area contributed by atoms with E-state index >= 15 is 0 Å². The maximum Gasteiger partial charge on any atom is 0.324 e. The van der Waals surface area contributed by atoms with Gasteiger partial charge >= 0.3 is 6.03 Å². The number of hydrogen-bond donors (Lipinski definition) is 0. The van der Waals surface area contributed by atoms with Crippen LogP contribution in [0.25, 0.3) is 0 Å². The van der Waals surface area contributed by atoms with E-state index in [9.17, 15) is 9.59 Å². The van der Waals surface area contributed by atoms with Crippen LogP contribution in [-0.2, 0) is 17.8 Å². The number of anilines is 1. The third kappa shape index (κ3) is 6.76. The molecular weight excluding hydrogens is 466 g/mol. The number of urea groups is 1. The normalized spacial score (nSPS) is 15.6. The predicted molar refractivity (Wildman–Crippen MR) is 147 cm³/mol. The number of rotatable bonds is 12. The lowest BCUT2D eigenvalue weighted by Crippen LogP contribution is -2.49. The highest BCUT2D eigenvalue weighted by atomic mass is 16.5. The van der Waals surface area contributed by atoms with Gasteiger partial charge < -0.3 is 19.3 Å². The monoisotopic (exact) mass is 507 g/mol. The largest absolute Gasteiger partial charge is 0.496 e. The second-order valence-corrected chi connectivity index (χ2v) is 10.4. The molecule has 2 aromatic rings. The number of carbonyl (C=O) groups excluding carboxylic acids is 2. The van der Waals surface area contributed by atoms with E-state index in [0.29, 0.717) is 44.3 Å². The number of carbonyl (C=O) groups is 2. The molecular formula is C30H41N3O4. The second-order valence-electron chi connectivity index (χ2n) is 10.4. The highest BCUT2D eigenvalue weighted by molar-refractivity contribution is 5.93. The highest BCUT2D eigenvalue weighted by Gasteiger charge is 2.31. The van der Waals surface area contributed by atoms with E-state index in [1.807, 2.05) is 28.0 Å². The molecule has 2 aliphatic rings. The molecule has 37 heavy (non-hydrogen) atoms. The van der Waals surface area contributed by atoms with Gasteiger partial charge in [0.15, 0.2) is 0 Å². The summed E-state index contributed by atoms with van der Waals surface area (Å²) in [4.78, 5) is 31.0. The van der Waals surface area contributed by atoms with E-state index in [-0.39, 0.29) is 11.9 Å². The van der Waals surface area contributed by atoms with Gasteiger partial charge in [-0.05, 0) is 54.9 Å². The first-order valence-electron chi connectivity index (χ1n) is 13.6. The van der Waals surface area contributed by atoms with Gasteiger partial charge in [0.25, 0.3) is 0 Å². The Bertz CT molecular complexity index is 1100. The van der Waals surface area contributed by atoms with Crippen LogP contribution in [0.4, 0.5) is 10.5 Å². The number of unbranched alkanes of at least 4 members (excludes halogenated alkanes) is 2. The number of amides is 3. The topological polar surface area (TPSA) is 62.3 Å². The lowest BCUT2D eigenvalue weighted by atomic mass is 10.1. The predicted octanol–water partition coefficient (Wildman–Crippen LogP) is 5.60. The molecule has 0 N–H and O–H groups in total. The van der Waals surface area contributed by atoms with Crippen LogP contribution in [0, 0.1) is 0 Å². The fraction of sp³-hybridized carbons (Fsp3) is 0.533. The molecule has 7 heteroatoms. The van der Waals surface area contributed by atoms with E-state index in [1.54, 1.807) is 26.1 Å². The lowest BCUT2D eigenvalue weighted by molar-refractivity contribution is -0.127. The minimum absolute atomic E-state index is 0.00345. The Kier molecular flexibility index (Phi) is 8.95. The first-order chi connectivity index (χ1) is 17.9. The van der Waals surface area contributed by atoms with Crippen molar-refractivity contribution in [3.05, 3.63) is 53.1 Å². The van der Waals surface area contributed by atoms with Crippen LogP contribution in [0.1, 0.15) is 68.1 Å². The summed E-state index contributed by atoms with van der Waals surface area (Å²) in [5, 5.41) is 0. The fourth-order valence-corrected chi connectivity index (χ4v) is 4.82. The molecule has 1 saturated heterocycles. The van der Waals surface area contributed by atoms with Gasteiger partial charge in [-0.3, -0.25) is 9.69 Å². The van der Waals surface area contributed by atoms with Crippen LogP contribution in [0.2, 0.25) is 0 Å². The average Bonchev–Trinajstić information content (AvgIpc) is 3.74. The summed E-state index contributed by atoms with van der Waals surface area (Å²) < 4.78 is 11.9. The van der Waals surface area contributed by atoms with Crippen molar-refractivity contribution in [2.75, 3.05) is 45.8 Å². The average molecular weight is 508 g/mol. The van der Waals surface area contributed by atoms with Crippen molar-refractivity contribution in [1.29, 1.82) is 0 Å². The number of methoxy groups -OCH3 is 1. The first-order valence-corrected chi connectivity index (χ1v) is 13.6. The Hall–Kier alpha value is -3.22. The Labute approximate surface area is 221 Å². The summed E-state index contributed by atoms with van der Waals surface area (Å²) in [6.45, 7) is 4.75. The summed E-state index contributed by atoms with van der Waals surface area (Å²) in [6.07, 6.45) is 7.01. The zero-order chi connectivity index (χ0) is 26.4. The van der Waals surface area contributed by atoms with E-state index in [1.165, 1.54) is 24.8 Å². The standard InChI is InChI=1S/C30H41N3O4/c1-5-6-7-17-37-28-20-25(13-14-26(28)23-11-12-23)33-16-8-15-32(30(33)35)21-24-10-9-22(18-27(24)36-4)19-29(34)31(2)3/h9-10,13-14,18,20,23H,5-8,11-12,15-17,19,21H2,1-4H3. The van der Waals surface area contributed by atoms with Crippen molar-refractivity contribution in [1.82, 2.24) is 9.80 Å². The summed E-state index contributed by atoms with van der Waals surface area (Å²) in [5.41, 5.74) is 4.00. The smallest absolute Gasteiger partial charge is 0.324 e. The van der Waals surface area contributed by atoms with Crippen molar-refractivity contribution in [2.24, 2.45) is 0 Å². The molecule has 0 spiro atoms. The Balaban J connectivity index is 1.48. The number of ether oxygens (including phenoxy) is 2. The Morgan fingerprint density at radius 2 is 1.86 bits per heavy atom. The van der Waals surface area contributed by atoms with Crippen molar-refractivity contribution in [2.45, 2.75) is 64.3 Å². The SMILES string of the molecule is CCCCCOc1cc(N2CCCN(Cc3ccc(CC(=O)N(C)C)cc3OC)C2=O)ccc1C1CC1. The maximum absolute atomic E-state index is 13.6. The molecule has 4 rings (SSSR count). The van der Waals surface area contributed by atoms with Crippen LogP contribution < -0.4 is 14.4 Å². The quantitative estimate of drug-likeness (QED) is 0.351. The Morgan fingerprint density at radius 3 is 2.57 bits per heavy atom. The summed E-state index contributed by atoms with van der Waals surface area (Å²) in [7, 11) is 5.13. The molecule has 0 atom stereocenters. The van der Waals surface area contributed by atoms with E-state index in [2.05, 4.69) is 25.1 Å². The van der Waals surface area contributed by atoms with E-state index in [0.717, 1.165) is 41.8 Å². The van der Waals surface area contributed by atoms with Gasteiger partial charge in [0, 0.05) is 44.5 Å². The number of nitrogens with zero attached hydrogens (tertiary/aromatic N) is 3. The number of benzene rings is 2. The van der Waals surface area contributed by atoms with Gasteiger partial charge in [-0.1, -0.05) is 38.0 Å². The van der Waals surface area contributed by atoms with E-state index < -0.39 is 0 Å². The molecule has 0 aromatic heterocycles. The third-order valence-electron chi connectivity index (χ3n) is 7.21. The molecule has 3 amide bonds. The van der Waals surface area contributed by atoms with Gasteiger partial charge in [0.05, 0.1) is 26.7 Å². The van der Waals surface area contributed by atoms with Crippen molar-refractivity contribution < 1.29 is 19.1 Å². The molecule has 2 fully saturated rings. The summed E-state index contributed by atoms with van der Waals surface area (Å²) >= 11 is 0. The van der Waals surface area contributed by atoms with Crippen LogP contribution in [-0.4, -0.2) is 62.6 Å². The van der Waals surface area contributed by atoms with Crippen LogP contribution in [0.15, 0.2) is 36.4 Å². The fourth-order valence-electron chi connectivity index (χ4n) is 4.82. The third-order valence-corrected chi connectivity index (χ3v) is 7.21. The van der Waals surface area contributed by atoms with Gasteiger partial charge in [0.1, 0.15) is 11.5 Å².